The smallest absolute Gasteiger partial charge is 0.341 e. The van der Waals surface area contributed by atoms with Gasteiger partial charge in [0.05, 0.1) is 36.7 Å². The van der Waals surface area contributed by atoms with Gasteiger partial charge >= 0.3 is 11.9 Å². The summed E-state index contributed by atoms with van der Waals surface area (Å²) in [5.74, 6) is -1.54. The number of ether oxygens (including phenoxy) is 3. The zero-order valence-electron chi connectivity index (χ0n) is 17.8. The number of esters is 2. The largest absolute Gasteiger partial charge is 0.462 e. The van der Waals surface area contributed by atoms with E-state index in [4.69, 9.17) is 14.2 Å². The lowest BCUT2D eigenvalue weighted by molar-refractivity contribution is -0.153. The van der Waals surface area contributed by atoms with E-state index in [-0.39, 0.29) is 24.9 Å². The van der Waals surface area contributed by atoms with Gasteiger partial charge in [-0.25, -0.2) is 4.79 Å². The molecular weight excluding hydrogens is 406 g/mol. The molecule has 0 aromatic carbocycles. The summed E-state index contributed by atoms with van der Waals surface area (Å²) < 4.78 is 16.9. The van der Waals surface area contributed by atoms with Gasteiger partial charge in [0.15, 0.2) is 0 Å². The summed E-state index contributed by atoms with van der Waals surface area (Å²) in [6, 6.07) is 0. The summed E-state index contributed by atoms with van der Waals surface area (Å²) in [7, 11) is 0. The third-order valence-electron chi connectivity index (χ3n) is 6.34. The van der Waals surface area contributed by atoms with Crippen molar-refractivity contribution in [3.63, 3.8) is 0 Å². The van der Waals surface area contributed by atoms with Gasteiger partial charge in [-0.15, -0.1) is 11.3 Å². The number of hydrogen-bond donors (Lipinski definition) is 1. The summed E-state index contributed by atoms with van der Waals surface area (Å²) in [5.41, 5.74) is 0.209. The van der Waals surface area contributed by atoms with Gasteiger partial charge in [-0.1, -0.05) is 6.42 Å². The van der Waals surface area contributed by atoms with Crippen LogP contribution in [0.3, 0.4) is 0 Å². The Morgan fingerprint density at radius 1 is 1.23 bits per heavy atom. The minimum absolute atomic E-state index is 0.0851. The average molecular weight is 436 g/mol. The molecule has 1 aliphatic carbocycles. The molecule has 1 spiro atoms. The molecule has 3 heterocycles. The molecule has 4 rings (SSSR count). The monoisotopic (exact) mass is 435 g/mol. The molecule has 30 heavy (non-hydrogen) atoms. The van der Waals surface area contributed by atoms with E-state index in [9.17, 15) is 14.4 Å². The Bertz CT molecular complexity index is 867. The molecule has 7 nitrogen and oxygen atoms in total. The van der Waals surface area contributed by atoms with Gasteiger partial charge in [0, 0.05) is 11.3 Å². The van der Waals surface area contributed by atoms with Crippen LogP contribution in [0.1, 0.15) is 80.1 Å². The van der Waals surface area contributed by atoms with E-state index in [0.29, 0.717) is 36.4 Å². The van der Waals surface area contributed by atoms with Crippen molar-refractivity contribution in [2.45, 2.75) is 83.5 Å². The van der Waals surface area contributed by atoms with Gasteiger partial charge in [-0.2, -0.15) is 0 Å². The topological polar surface area (TPSA) is 90.9 Å². The fraction of sp³-hybridized carbons (Fsp3) is 0.682. The molecule has 1 aromatic heterocycles. The molecule has 1 aromatic rings. The van der Waals surface area contributed by atoms with E-state index in [1.165, 1.54) is 11.3 Å². The van der Waals surface area contributed by atoms with Crippen LogP contribution >= 0.6 is 11.3 Å². The average Bonchev–Trinajstić information content (AvgIpc) is 3.18. The van der Waals surface area contributed by atoms with Crippen LogP contribution in [0.5, 0.6) is 0 Å². The van der Waals surface area contributed by atoms with Crippen LogP contribution in [0, 0.1) is 5.92 Å². The lowest BCUT2D eigenvalue weighted by Gasteiger charge is -2.35. The first-order valence-corrected chi connectivity index (χ1v) is 11.5. The maximum Gasteiger partial charge on any atom is 0.341 e. The highest BCUT2D eigenvalue weighted by Crippen LogP contribution is 2.46. The first kappa shape index (κ1) is 21.3. The highest BCUT2D eigenvalue weighted by molar-refractivity contribution is 7.17. The van der Waals surface area contributed by atoms with E-state index in [2.05, 4.69) is 5.32 Å². The molecule has 1 atom stereocenters. The predicted molar refractivity (Wildman–Crippen MR) is 111 cm³/mol. The Balaban J connectivity index is 1.64. The van der Waals surface area contributed by atoms with Crippen molar-refractivity contribution in [1.29, 1.82) is 0 Å². The lowest BCUT2D eigenvalue weighted by atomic mass is 9.75. The standard InChI is InChI=1S/C22H29NO6S/c1-4-27-20(26)17-13-11-21(2,3)28-12-15(13)30-19(17)23-18(25)14-10-16(24)29-22(14)8-6-5-7-9-22/h14H,4-12H2,1-3H3,(H,23,25)/t14-/m1/s1. The lowest BCUT2D eigenvalue weighted by Crippen LogP contribution is -2.43. The number of hydrogen-bond acceptors (Lipinski definition) is 7. The first-order chi connectivity index (χ1) is 14.2. The Kier molecular flexibility index (Phi) is 5.66. The number of amides is 1. The molecule has 8 heteroatoms. The highest BCUT2D eigenvalue weighted by Gasteiger charge is 2.53. The summed E-state index contributed by atoms with van der Waals surface area (Å²) in [6.45, 7) is 6.37. The van der Waals surface area contributed by atoms with E-state index < -0.39 is 23.1 Å². The SMILES string of the molecule is CCOC(=O)c1c(NC(=O)[C@H]2CC(=O)OC23CCCCC3)sc2c1CC(C)(C)OC2. The molecule has 1 saturated heterocycles. The summed E-state index contributed by atoms with van der Waals surface area (Å²) >= 11 is 1.36. The molecule has 2 aliphatic heterocycles. The second-order valence-electron chi connectivity index (χ2n) is 9.00. The van der Waals surface area contributed by atoms with Crippen molar-refractivity contribution in [3.05, 3.63) is 16.0 Å². The Hall–Kier alpha value is -1.93. The van der Waals surface area contributed by atoms with Crippen LogP contribution in [0.15, 0.2) is 0 Å². The fourth-order valence-corrected chi connectivity index (χ4v) is 6.01. The van der Waals surface area contributed by atoms with Gasteiger partial charge in [-0.3, -0.25) is 9.59 Å². The number of thiophene rings is 1. The molecule has 1 saturated carbocycles. The van der Waals surface area contributed by atoms with Crippen LogP contribution in [0.2, 0.25) is 0 Å². The number of anilines is 1. The van der Waals surface area contributed by atoms with Crippen molar-refractivity contribution >= 4 is 34.2 Å². The van der Waals surface area contributed by atoms with Crippen LogP contribution in [0.4, 0.5) is 5.00 Å². The highest BCUT2D eigenvalue weighted by atomic mass is 32.1. The van der Waals surface area contributed by atoms with Gasteiger partial charge in [0.2, 0.25) is 5.91 Å². The number of carbonyl (C=O) groups is 3. The number of carbonyl (C=O) groups excluding carboxylic acids is 3. The maximum atomic E-state index is 13.3. The van der Waals surface area contributed by atoms with Crippen LogP contribution in [-0.2, 0) is 36.8 Å². The number of rotatable bonds is 4. The minimum Gasteiger partial charge on any atom is -0.462 e. The minimum atomic E-state index is -0.703. The molecule has 0 bridgehead atoms. The third-order valence-corrected chi connectivity index (χ3v) is 7.46. The summed E-state index contributed by atoms with van der Waals surface area (Å²) in [5, 5.41) is 3.44. The van der Waals surface area contributed by atoms with Crippen LogP contribution in [0.25, 0.3) is 0 Å². The molecule has 1 N–H and O–H groups in total. The quantitative estimate of drug-likeness (QED) is 0.720. The van der Waals surface area contributed by atoms with Crippen LogP contribution < -0.4 is 5.32 Å². The summed E-state index contributed by atoms with van der Waals surface area (Å²) in [4.78, 5) is 39.1. The van der Waals surface area contributed by atoms with Gasteiger partial charge in [-0.05, 0) is 52.0 Å². The Morgan fingerprint density at radius 2 is 1.97 bits per heavy atom. The normalized spacial score (nSPS) is 24.2. The molecule has 3 aliphatic rings. The molecule has 164 valence electrons. The third kappa shape index (κ3) is 3.87. The molecular formula is C22H29NO6S. The number of nitrogens with one attached hydrogen (secondary N) is 1. The van der Waals surface area contributed by atoms with E-state index >= 15 is 0 Å². The van der Waals surface area contributed by atoms with E-state index in [1.54, 1.807) is 6.92 Å². The first-order valence-electron chi connectivity index (χ1n) is 10.7. The predicted octanol–water partition coefficient (Wildman–Crippen LogP) is 3.98. The van der Waals surface area contributed by atoms with Crippen molar-refractivity contribution in [3.8, 4) is 0 Å². The zero-order valence-corrected chi connectivity index (χ0v) is 18.6. The van der Waals surface area contributed by atoms with E-state index in [1.807, 2.05) is 13.8 Å². The number of fused-ring (bicyclic) bond motifs is 1. The molecule has 0 radical (unpaired) electrons. The molecule has 0 unspecified atom stereocenters. The van der Waals surface area contributed by atoms with Crippen LogP contribution in [-0.4, -0.2) is 35.7 Å². The van der Waals surface area contributed by atoms with Gasteiger partial charge in [0.1, 0.15) is 10.6 Å². The summed E-state index contributed by atoms with van der Waals surface area (Å²) in [6.07, 6.45) is 5.07. The Labute approximate surface area is 180 Å². The van der Waals surface area contributed by atoms with Gasteiger partial charge in [0.25, 0.3) is 0 Å². The molecule has 1 amide bonds. The van der Waals surface area contributed by atoms with Crippen molar-refractivity contribution in [2.24, 2.45) is 5.92 Å². The fourth-order valence-electron chi connectivity index (χ4n) is 4.88. The Morgan fingerprint density at radius 3 is 2.67 bits per heavy atom. The van der Waals surface area contributed by atoms with Crippen molar-refractivity contribution in [2.75, 3.05) is 11.9 Å². The molecule has 2 fully saturated rings. The second kappa shape index (κ2) is 7.96. The maximum absolute atomic E-state index is 13.3. The van der Waals surface area contributed by atoms with Crippen molar-refractivity contribution in [1.82, 2.24) is 0 Å². The van der Waals surface area contributed by atoms with Gasteiger partial charge < -0.3 is 19.5 Å². The second-order valence-corrected chi connectivity index (χ2v) is 10.1. The van der Waals surface area contributed by atoms with E-state index in [0.717, 1.165) is 29.7 Å². The zero-order chi connectivity index (χ0) is 21.5. The van der Waals surface area contributed by atoms with Crippen molar-refractivity contribution < 1.29 is 28.6 Å².